The molecule has 1 N–H and O–H groups in total. The van der Waals surface area contributed by atoms with Gasteiger partial charge >= 0.3 is 6.03 Å². The zero-order chi connectivity index (χ0) is 17.6. The largest absolute Gasteiger partial charge is 0.325 e. The topological polar surface area (TPSA) is 35.6 Å². The van der Waals surface area contributed by atoms with Crippen molar-refractivity contribution < 1.29 is 4.79 Å². The first-order chi connectivity index (χ1) is 12.2. The van der Waals surface area contributed by atoms with Crippen LogP contribution in [0, 0.1) is 0 Å². The third-order valence-corrected chi connectivity index (χ3v) is 4.86. The molecule has 0 fully saturated rings. The van der Waals surface area contributed by atoms with Crippen molar-refractivity contribution in [3.8, 4) is 0 Å². The molecule has 4 heteroatoms. The van der Waals surface area contributed by atoms with Crippen molar-refractivity contribution in [1.82, 2.24) is 9.80 Å². The Labute approximate surface area is 150 Å². The van der Waals surface area contributed by atoms with E-state index in [4.69, 9.17) is 0 Å². The molecule has 0 aliphatic carbocycles. The Morgan fingerprint density at radius 2 is 1.76 bits per heavy atom. The molecule has 2 aromatic carbocycles. The summed E-state index contributed by atoms with van der Waals surface area (Å²) in [5.74, 6) is 0. The summed E-state index contributed by atoms with van der Waals surface area (Å²) in [6.45, 7) is 8.44. The van der Waals surface area contributed by atoms with E-state index in [0.717, 1.165) is 44.8 Å². The molecule has 3 rings (SSSR count). The Morgan fingerprint density at radius 3 is 2.48 bits per heavy atom. The number of nitrogens with zero attached hydrogens (tertiary/aromatic N) is 2. The monoisotopic (exact) mass is 337 g/mol. The van der Waals surface area contributed by atoms with Gasteiger partial charge in [-0.15, -0.1) is 0 Å². The molecule has 4 nitrogen and oxygen atoms in total. The Hall–Kier alpha value is -2.33. The predicted molar refractivity (Wildman–Crippen MR) is 103 cm³/mol. The van der Waals surface area contributed by atoms with Crippen LogP contribution in [-0.4, -0.2) is 35.5 Å². The Bertz CT molecular complexity index is 710. The number of carbonyl (C=O) groups is 1. The predicted octanol–water partition coefficient (Wildman–Crippen LogP) is 4.12. The Kier molecular flexibility index (Phi) is 5.71. The average molecular weight is 337 g/mol. The van der Waals surface area contributed by atoms with Gasteiger partial charge in [-0.3, -0.25) is 4.90 Å². The highest BCUT2D eigenvalue weighted by Crippen LogP contribution is 2.26. The van der Waals surface area contributed by atoms with Crippen LogP contribution in [0.3, 0.4) is 0 Å². The van der Waals surface area contributed by atoms with Crippen LogP contribution in [0.25, 0.3) is 0 Å². The van der Waals surface area contributed by atoms with Gasteiger partial charge in [0, 0.05) is 38.4 Å². The number of hydrogen-bond acceptors (Lipinski definition) is 2. The maximum atomic E-state index is 12.2. The summed E-state index contributed by atoms with van der Waals surface area (Å²) in [5.41, 5.74) is 4.96. The molecule has 0 radical (unpaired) electrons. The van der Waals surface area contributed by atoms with E-state index >= 15 is 0 Å². The summed E-state index contributed by atoms with van der Waals surface area (Å²) in [6.07, 6.45) is 1.07. The molecule has 25 heavy (non-hydrogen) atoms. The highest BCUT2D eigenvalue weighted by molar-refractivity contribution is 5.89. The molecule has 2 aromatic rings. The van der Waals surface area contributed by atoms with Crippen LogP contribution in [0.1, 0.15) is 30.5 Å². The van der Waals surface area contributed by atoms with E-state index in [2.05, 4.69) is 52.7 Å². The third kappa shape index (κ3) is 4.40. The summed E-state index contributed by atoms with van der Waals surface area (Å²) in [4.78, 5) is 16.5. The molecule has 1 aliphatic heterocycles. The van der Waals surface area contributed by atoms with E-state index < -0.39 is 0 Å². The molecule has 0 atom stereocenters. The van der Waals surface area contributed by atoms with Crippen molar-refractivity contribution in [2.45, 2.75) is 33.4 Å². The fourth-order valence-corrected chi connectivity index (χ4v) is 3.35. The van der Waals surface area contributed by atoms with E-state index in [1.54, 1.807) is 4.90 Å². The van der Waals surface area contributed by atoms with Gasteiger partial charge in [0.25, 0.3) is 0 Å². The lowest BCUT2D eigenvalue weighted by Crippen LogP contribution is -2.34. The van der Waals surface area contributed by atoms with Gasteiger partial charge in [0.1, 0.15) is 0 Å². The van der Waals surface area contributed by atoms with Gasteiger partial charge in [-0.1, -0.05) is 36.4 Å². The van der Waals surface area contributed by atoms with Gasteiger partial charge in [-0.2, -0.15) is 0 Å². The van der Waals surface area contributed by atoms with Gasteiger partial charge in [0.15, 0.2) is 0 Å². The summed E-state index contributed by atoms with van der Waals surface area (Å²) in [7, 11) is 0. The molecule has 0 spiro atoms. The fraction of sp³-hybridized carbons (Fsp3) is 0.381. The third-order valence-electron chi connectivity index (χ3n) is 4.86. The highest BCUT2D eigenvalue weighted by Gasteiger charge is 2.19. The second kappa shape index (κ2) is 8.17. The van der Waals surface area contributed by atoms with E-state index in [1.807, 2.05) is 19.9 Å². The normalized spacial score (nSPS) is 13.5. The van der Waals surface area contributed by atoms with Crippen LogP contribution in [0.15, 0.2) is 48.5 Å². The molecule has 0 saturated heterocycles. The van der Waals surface area contributed by atoms with E-state index in [-0.39, 0.29) is 6.03 Å². The summed E-state index contributed by atoms with van der Waals surface area (Å²) in [6, 6.07) is 16.9. The number of fused-ring (bicyclic) bond motifs is 1. The number of hydrogen-bond donors (Lipinski definition) is 1. The maximum absolute atomic E-state index is 12.2. The Morgan fingerprint density at radius 1 is 1.04 bits per heavy atom. The standard InChI is InChI=1S/C21H27N3O/c1-3-24(4-2)21(25)22-20-11-10-18-15-23(16-19(18)14-20)13-12-17-8-6-5-7-9-17/h5-11,14H,3-4,12-13,15-16H2,1-2H3,(H,22,25). The van der Waals surface area contributed by atoms with Crippen LogP contribution >= 0.6 is 0 Å². The average Bonchev–Trinajstić information content (AvgIpc) is 3.04. The van der Waals surface area contributed by atoms with E-state index in [1.165, 1.54) is 16.7 Å². The smallest absolute Gasteiger partial charge is 0.321 e. The van der Waals surface area contributed by atoms with Crippen LogP contribution in [-0.2, 0) is 19.5 Å². The first kappa shape index (κ1) is 17.5. The van der Waals surface area contributed by atoms with Crippen LogP contribution in [0.4, 0.5) is 10.5 Å². The molecule has 0 bridgehead atoms. The number of anilines is 1. The number of carbonyl (C=O) groups excluding carboxylic acids is 1. The molecule has 2 amide bonds. The Balaban J connectivity index is 1.58. The van der Waals surface area contributed by atoms with Gasteiger partial charge in [-0.25, -0.2) is 4.79 Å². The second-order valence-electron chi connectivity index (χ2n) is 6.53. The van der Waals surface area contributed by atoms with Gasteiger partial charge in [0.2, 0.25) is 0 Å². The molecule has 1 heterocycles. The molecule has 0 saturated carbocycles. The lowest BCUT2D eigenvalue weighted by molar-refractivity contribution is 0.217. The minimum absolute atomic E-state index is 0.0242. The van der Waals surface area contributed by atoms with Crippen LogP contribution in [0.2, 0.25) is 0 Å². The number of benzene rings is 2. The SMILES string of the molecule is CCN(CC)C(=O)Nc1ccc2c(c1)CN(CCc1ccccc1)C2. The maximum Gasteiger partial charge on any atom is 0.321 e. The van der Waals surface area contributed by atoms with Crippen molar-refractivity contribution in [2.24, 2.45) is 0 Å². The van der Waals surface area contributed by atoms with E-state index in [9.17, 15) is 4.79 Å². The molecule has 132 valence electrons. The van der Waals surface area contributed by atoms with Crippen molar-refractivity contribution in [1.29, 1.82) is 0 Å². The minimum Gasteiger partial charge on any atom is -0.325 e. The summed E-state index contributed by atoms with van der Waals surface area (Å²) >= 11 is 0. The first-order valence-electron chi connectivity index (χ1n) is 9.13. The van der Waals surface area contributed by atoms with Crippen LogP contribution in [0.5, 0.6) is 0 Å². The number of urea groups is 1. The fourth-order valence-electron chi connectivity index (χ4n) is 3.35. The first-order valence-corrected chi connectivity index (χ1v) is 9.13. The molecular formula is C21H27N3O. The molecule has 1 aliphatic rings. The second-order valence-corrected chi connectivity index (χ2v) is 6.53. The van der Waals surface area contributed by atoms with Crippen molar-refractivity contribution >= 4 is 11.7 Å². The summed E-state index contributed by atoms with van der Waals surface area (Å²) < 4.78 is 0. The van der Waals surface area contributed by atoms with Gasteiger partial charge in [0.05, 0.1) is 0 Å². The molecular weight excluding hydrogens is 310 g/mol. The lowest BCUT2D eigenvalue weighted by Gasteiger charge is -2.19. The summed E-state index contributed by atoms with van der Waals surface area (Å²) in [5, 5.41) is 3.01. The highest BCUT2D eigenvalue weighted by atomic mass is 16.2. The van der Waals surface area contributed by atoms with Crippen molar-refractivity contribution in [3.63, 3.8) is 0 Å². The van der Waals surface area contributed by atoms with Crippen molar-refractivity contribution in [2.75, 3.05) is 25.0 Å². The minimum atomic E-state index is -0.0242. The number of amides is 2. The molecule has 0 unspecified atom stereocenters. The van der Waals surface area contributed by atoms with Crippen LogP contribution < -0.4 is 5.32 Å². The zero-order valence-electron chi connectivity index (χ0n) is 15.2. The quantitative estimate of drug-likeness (QED) is 0.861. The molecule has 0 aromatic heterocycles. The van der Waals surface area contributed by atoms with Gasteiger partial charge < -0.3 is 10.2 Å². The number of rotatable bonds is 6. The zero-order valence-corrected chi connectivity index (χ0v) is 15.2. The van der Waals surface area contributed by atoms with Crippen molar-refractivity contribution in [3.05, 3.63) is 65.2 Å². The van der Waals surface area contributed by atoms with E-state index in [0.29, 0.717) is 0 Å². The lowest BCUT2D eigenvalue weighted by atomic mass is 10.1. The number of nitrogens with one attached hydrogen (secondary N) is 1. The van der Waals surface area contributed by atoms with Gasteiger partial charge in [-0.05, 0) is 49.1 Å².